The van der Waals surface area contributed by atoms with Gasteiger partial charge in [0.1, 0.15) is 23.4 Å². The largest absolute Gasteiger partial charge is 0.493 e. The van der Waals surface area contributed by atoms with Gasteiger partial charge in [0, 0.05) is 30.5 Å². The molecule has 2 aliphatic heterocycles. The lowest BCUT2D eigenvalue weighted by Crippen LogP contribution is -2.55. The summed E-state index contributed by atoms with van der Waals surface area (Å²) in [6, 6.07) is 3.38. The number of methoxy groups -OCH3 is 3. The smallest absolute Gasteiger partial charge is 0.331 e. The lowest BCUT2D eigenvalue weighted by molar-refractivity contribution is -0.166. The van der Waals surface area contributed by atoms with Crippen LogP contribution in [0.25, 0.3) is 6.08 Å². The van der Waals surface area contributed by atoms with Crippen LogP contribution in [0.4, 0.5) is 5.69 Å². The average molecular weight is 488 g/mol. The van der Waals surface area contributed by atoms with Gasteiger partial charge in [0.2, 0.25) is 0 Å². The van der Waals surface area contributed by atoms with Crippen molar-refractivity contribution in [3.63, 3.8) is 0 Å². The number of nitrogens with two attached hydrogens (primary N) is 1. The minimum Gasteiger partial charge on any atom is -0.493 e. The van der Waals surface area contributed by atoms with Crippen molar-refractivity contribution in [3.8, 4) is 11.5 Å². The third-order valence-corrected chi connectivity index (χ3v) is 7.49. The molecular weight excluding hydrogens is 450 g/mol. The molecule has 2 N–H and O–H groups in total. The molecule has 8 nitrogen and oxygen atoms in total. The van der Waals surface area contributed by atoms with E-state index in [9.17, 15) is 4.79 Å². The normalized spacial score (nSPS) is 33.4. The highest BCUT2D eigenvalue weighted by atomic mass is 16.6. The van der Waals surface area contributed by atoms with E-state index < -0.39 is 12.1 Å². The maximum absolute atomic E-state index is 12.8. The summed E-state index contributed by atoms with van der Waals surface area (Å²) in [5.74, 6) is 0.573. The molecule has 8 heteroatoms. The molecule has 1 saturated carbocycles. The first-order valence-electron chi connectivity index (χ1n) is 12.1. The first-order valence-corrected chi connectivity index (χ1v) is 12.1. The fourth-order valence-corrected chi connectivity index (χ4v) is 5.47. The van der Waals surface area contributed by atoms with E-state index in [0.29, 0.717) is 35.8 Å². The Morgan fingerprint density at radius 1 is 1.20 bits per heavy atom. The van der Waals surface area contributed by atoms with Gasteiger partial charge in [0.25, 0.3) is 0 Å². The van der Waals surface area contributed by atoms with Crippen LogP contribution < -0.4 is 15.2 Å². The van der Waals surface area contributed by atoms with E-state index in [1.807, 2.05) is 0 Å². The van der Waals surface area contributed by atoms with Gasteiger partial charge in [0.15, 0.2) is 11.5 Å². The molecule has 3 fully saturated rings. The van der Waals surface area contributed by atoms with Gasteiger partial charge in [-0.1, -0.05) is 11.6 Å². The summed E-state index contributed by atoms with van der Waals surface area (Å²) in [5.41, 5.74) is 7.84. The average Bonchev–Trinajstić information content (AvgIpc) is 3.74. The molecule has 0 bridgehead atoms. The van der Waals surface area contributed by atoms with E-state index in [1.54, 1.807) is 39.5 Å². The van der Waals surface area contributed by atoms with Crippen molar-refractivity contribution in [2.24, 2.45) is 5.92 Å². The number of hydrogen-bond donors (Lipinski definition) is 1. The molecule has 1 aromatic rings. The molecule has 2 saturated heterocycles. The third kappa shape index (κ3) is 5.06. The molecule has 4 rings (SSSR count). The van der Waals surface area contributed by atoms with Crippen molar-refractivity contribution in [1.29, 1.82) is 0 Å². The van der Waals surface area contributed by atoms with E-state index in [-0.39, 0.29) is 29.3 Å². The monoisotopic (exact) mass is 487 g/mol. The van der Waals surface area contributed by atoms with E-state index in [0.717, 1.165) is 12.8 Å². The van der Waals surface area contributed by atoms with E-state index >= 15 is 0 Å². The number of carbonyl (C=O) groups excluding carboxylic acids is 1. The molecule has 3 aliphatic rings. The molecule has 0 unspecified atom stereocenters. The fraction of sp³-hybridized carbons (Fsp3) is 0.593. The molecule has 1 spiro atoms. The molecule has 192 valence electrons. The zero-order valence-corrected chi connectivity index (χ0v) is 21.5. The summed E-state index contributed by atoms with van der Waals surface area (Å²) in [7, 11) is 4.75. The number of allylic oxidation sites excluding steroid dienone is 1. The highest BCUT2D eigenvalue weighted by molar-refractivity contribution is 5.88. The Kier molecular flexibility index (Phi) is 7.18. The lowest BCUT2D eigenvalue weighted by atomic mass is 9.68. The Morgan fingerprint density at radius 2 is 1.89 bits per heavy atom. The van der Waals surface area contributed by atoms with Crippen LogP contribution in [0, 0.1) is 5.92 Å². The number of carbonyl (C=O) groups is 1. The number of benzene rings is 1. The van der Waals surface area contributed by atoms with Crippen LogP contribution in [-0.2, 0) is 23.7 Å². The minimum atomic E-state index is -0.458. The summed E-state index contributed by atoms with van der Waals surface area (Å²) in [4.78, 5) is 12.8. The van der Waals surface area contributed by atoms with Gasteiger partial charge in [-0.25, -0.2) is 4.79 Å². The summed E-state index contributed by atoms with van der Waals surface area (Å²) in [5, 5.41) is 0. The predicted molar refractivity (Wildman–Crippen MR) is 132 cm³/mol. The van der Waals surface area contributed by atoms with Crippen molar-refractivity contribution >= 4 is 17.7 Å². The van der Waals surface area contributed by atoms with E-state index in [4.69, 9.17) is 34.2 Å². The Balaban J connectivity index is 1.47. The van der Waals surface area contributed by atoms with Gasteiger partial charge in [-0.3, -0.25) is 0 Å². The summed E-state index contributed by atoms with van der Waals surface area (Å²) >= 11 is 0. The lowest BCUT2D eigenvalue weighted by Gasteiger charge is -2.42. The second kappa shape index (κ2) is 9.84. The maximum atomic E-state index is 12.8. The number of nitrogen functional groups attached to an aromatic ring is 1. The molecular formula is C27H37NO7. The van der Waals surface area contributed by atoms with Crippen molar-refractivity contribution < 1.29 is 33.2 Å². The van der Waals surface area contributed by atoms with Gasteiger partial charge in [0.05, 0.1) is 32.8 Å². The Hall–Kier alpha value is -2.55. The van der Waals surface area contributed by atoms with Crippen molar-refractivity contribution in [2.45, 2.75) is 69.5 Å². The standard InChI is InChI=1S/C27H37NO7/c1-16(2)7-9-22-26(3,35-22)25-24(32-6)19(11-12-27(25)15-33-27)34-23(29)10-8-17-13-20(30-4)21(31-5)14-18(17)28/h7-8,10,13-14,19,22,24-25H,9,11-12,15,28H2,1-6H3/b10-8+/t19-,22+,24-,25-,26-,27+/m1/s1. The van der Waals surface area contributed by atoms with Gasteiger partial charge < -0.3 is 34.2 Å². The van der Waals surface area contributed by atoms with Crippen LogP contribution in [0.2, 0.25) is 0 Å². The quantitative estimate of drug-likeness (QED) is 0.184. The highest BCUT2D eigenvalue weighted by Crippen LogP contribution is 2.59. The zero-order chi connectivity index (χ0) is 25.4. The van der Waals surface area contributed by atoms with E-state index in [1.165, 1.54) is 11.6 Å². The molecule has 1 aromatic carbocycles. The molecule has 6 atom stereocenters. The Morgan fingerprint density at radius 3 is 2.49 bits per heavy atom. The first kappa shape index (κ1) is 25.5. The van der Waals surface area contributed by atoms with Gasteiger partial charge in [-0.15, -0.1) is 0 Å². The zero-order valence-electron chi connectivity index (χ0n) is 21.5. The highest BCUT2D eigenvalue weighted by Gasteiger charge is 2.72. The predicted octanol–water partition coefficient (Wildman–Crippen LogP) is 3.92. The fourth-order valence-electron chi connectivity index (χ4n) is 5.47. The van der Waals surface area contributed by atoms with E-state index in [2.05, 4.69) is 26.8 Å². The van der Waals surface area contributed by atoms with Crippen molar-refractivity contribution in [1.82, 2.24) is 0 Å². The molecule has 35 heavy (non-hydrogen) atoms. The third-order valence-electron chi connectivity index (χ3n) is 7.49. The number of hydrogen-bond acceptors (Lipinski definition) is 8. The molecule has 1 aliphatic carbocycles. The van der Waals surface area contributed by atoms with Crippen LogP contribution in [0.15, 0.2) is 29.9 Å². The minimum absolute atomic E-state index is 0.0208. The maximum Gasteiger partial charge on any atom is 0.331 e. The van der Waals surface area contributed by atoms with Crippen LogP contribution >= 0.6 is 0 Å². The van der Waals surface area contributed by atoms with Gasteiger partial charge >= 0.3 is 5.97 Å². The molecule has 2 heterocycles. The number of esters is 1. The van der Waals surface area contributed by atoms with Crippen LogP contribution in [0.3, 0.4) is 0 Å². The summed E-state index contributed by atoms with van der Waals surface area (Å²) in [6.07, 6.45) is 6.89. The second-order valence-electron chi connectivity index (χ2n) is 10.0. The summed E-state index contributed by atoms with van der Waals surface area (Å²) in [6.45, 7) is 6.98. The number of epoxide rings is 2. The number of ether oxygens (including phenoxy) is 6. The Bertz CT molecular complexity index is 1010. The van der Waals surface area contributed by atoms with Crippen LogP contribution in [0.1, 0.15) is 45.6 Å². The molecule has 0 amide bonds. The first-order chi connectivity index (χ1) is 16.7. The van der Waals surface area contributed by atoms with Crippen molar-refractivity contribution in [2.75, 3.05) is 33.7 Å². The second-order valence-corrected chi connectivity index (χ2v) is 10.0. The number of anilines is 1. The van der Waals surface area contributed by atoms with Gasteiger partial charge in [-0.2, -0.15) is 0 Å². The molecule has 0 aromatic heterocycles. The summed E-state index contributed by atoms with van der Waals surface area (Å²) < 4.78 is 34.6. The van der Waals surface area contributed by atoms with Crippen LogP contribution in [0.5, 0.6) is 11.5 Å². The van der Waals surface area contributed by atoms with Crippen molar-refractivity contribution in [3.05, 3.63) is 35.4 Å². The molecule has 0 radical (unpaired) electrons. The van der Waals surface area contributed by atoms with Gasteiger partial charge in [-0.05, 0) is 52.2 Å². The SMILES string of the molecule is COc1cc(N)c(/C=C/C(=O)O[C@@H]2CC[C@]3(CO3)[C@@H]([C@]3(C)O[C@H]3CC=C(C)C)[C@@H]2OC)cc1OC. The van der Waals surface area contributed by atoms with Crippen LogP contribution in [-0.4, -0.2) is 63.4 Å². The topological polar surface area (TPSA) is 105 Å². The Labute approximate surface area is 207 Å². The number of rotatable bonds is 9.